The Bertz CT molecular complexity index is 718. The summed E-state index contributed by atoms with van der Waals surface area (Å²) in [5, 5.41) is 0. The van der Waals surface area contributed by atoms with E-state index in [0.717, 1.165) is 56.5 Å². The third-order valence-corrected chi connectivity index (χ3v) is 4.70. The maximum absolute atomic E-state index is 12.3. The lowest BCUT2D eigenvalue weighted by molar-refractivity contribution is -0.00773. The van der Waals surface area contributed by atoms with Gasteiger partial charge >= 0.3 is 5.69 Å². The standard InChI is InChI=1S/C19H29N3O2/c1-19(2,3)24-14-6-11-21-12-9-15(10-13-21)22-17-8-5-4-7-16(17)20-18(22)23/h4-5,7-8,15H,6,9-14H2,1-3H3,(H,20,23). The molecule has 0 unspecified atom stereocenters. The smallest absolute Gasteiger partial charge is 0.326 e. The number of rotatable bonds is 5. The van der Waals surface area contributed by atoms with Crippen LogP contribution < -0.4 is 5.69 Å². The van der Waals surface area contributed by atoms with Gasteiger partial charge < -0.3 is 14.6 Å². The fourth-order valence-electron chi connectivity index (χ4n) is 3.50. The van der Waals surface area contributed by atoms with Crippen molar-refractivity contribution in [3.05, 3.63) is 34.7 Å². The average Bonchev–Trinajstić information content (AvgIpc) is 2.87. The molecule has 3 rings (SSSR count). The number of nitrogens with zero attached hydrogens (tertiary/aromatic N) is 2. The van der Waals surface area contributed by atoms with Crippen molar-refractivity contribution in [3.63, 3.8) is 0 Å². The Morgan fingerprint density at radius 1 is 1.21 bits per heavy atom. The molecule has 132 valence electrons. The number of likely N-dealkylation sites (tertiary alicyclic amines) is 1. The molecule has 24 heavy (non-hydrogen) atoms. The summed E-state index contributed by atoms with van der Waals surface area (Å²) in [7, 11) is 0. The van der Waals surface area contributed by atoms with Gasteiger partial charge in [0, 0.05) is 32.3 Å². The SMILES string of the molecule is CC(C)(C)OCCCN1CCC(n2c(=O)[nH]c3ccccc32)CC1. The molecule has 5 heteroatoms. The highest BCUT2D eigenvalue weighted by Gasteiger charge is 2.23. The van der Waals surface area contributed by atoms with Crippen LogP contribution in [0.2, 0.25) is 0 Å². The Kier molecular flexibility index (Phi) is 5.11. The molecular weight excluding hydrogens is 302 g/mol. The fourth-order valence-corrected chi connectivity index (χ4v) is 3.50. The van der Waals surface area contributed by atoms with Crippen LogP contribution in [0.3, 0.4) is 0 Å². The number of aromatic nitrogens is 2. The molecule has 0 spiro atoms. The van der Waals surface area contributed by atoms with E-state index in [1.807, 2.05) is 28.8 Å². The summed E-state index contributed by atoms with van der Waals surface area (Å²) in [5.41, 5.74) is 1.93. The van der Waals surface area contributed by atoms with E-state index in [1.165, 1.54) is 0 Å². The molecule has 2 aromatic rings. The van der Waals surface area contributed by atoms with Gasteiger partial charge in [-0.25, -0.2) is 4.79 Å². The van der Waals surface area contributed by atoms with Crippen LogP contribution >= 0.6 is 0 Å². The lowest BCUT2D eigenvalue weighted by Crippen LogP contribution is -2.37. The number of benzene rings is 1. The minimum Gasteiger partial charge on any atom is -0.376 e. The van der Waals surface area contributed by atoms with Gasteiger partial charge in [0.05, 0.1) is 16.6 Å². The second-order valence-electron chi connectivity index (χ2n) is 7.70. The summed E-state index contributed by atoms with van der Waals surface area (Å²) in [6.07, 6.45) is 3.12. The van der Waals surface area contributed by atoms with Gasteiger partial charge in [-0.15, -0.1) is 0 Å². The number of imidazole rings is 1. The number of para-hydroxylation sites is 2. The van der Waals surface area contributed by atoms with Gasteiger partial charge in [0.25, 0.3) is 0 Å². The number of fused-ring (bicyclic) bond motifs is 1. The lowest BCUT2D eigenvalue weighted by Gasteiger charge is -2.32. The van der Waals surface area contributed by atoms with Crippen LogP contribution in [0.5, 0.6) is 0 Å². The number of nitrogens with one attached hydrogen (secondary N) is 1. The van der Waals surface area contributed by atoms with Crippen LogP contribution in [0.4, 0.5) is 0 Å². The Labute approximate surface area is 143 Å². The topological polar surface area (TPSA) is 50.3 Å². The summed E-state index contributed by atoms with van der Waals surface area (Å²) < 4.78 is 7.74. The predicted molar refractivity (Wildman–Crippen MR) is 97.6 cm³/mol. The largest absolute Gasteiger partial charge is 0.376 e. The zero-order valence-corrected chi connectivity index (χ0v) is 15.0. The minimum atomic E-state index is -0.0521. The van der Waals surface area contributed by atoms with Gasteiger partial charge in [-0.1, -0.05) is 12.1 Å². The lowest BCUT2D eigenvalue weighted by atomic mass is 10.0. The molecule has 2 heterocycles. The Hall–Kier alpha value is -1.59. The molecule has 1 saturated heterocycles. The molecule has 1 aliphatic heterocycles. The highest BCUT2D eigenvalue weighted by molar-refractivity contribution is 5.75. The van der Waals surface area contributed by atoms with Crippen LogP contribution in [0.15, 0.2) is 29.1 Å². The van der Waals surface area contributed by atoms with Crippen LogP contribution in [-0.4, -0.2) is 46.3 Å². The quantitative estimate of drug-likeness (QED) is 0.856. The zero-order valence-electron chi connectivity index (χ0n) is 15.0. The average molecular weight is 331 g/mol. The third kappa shape index (κ3) is 4.08. The normalized spacial score (nSPS) is 17.6. The first-order chi connectivity index (χ1) is 11.4. The first-order valence-corrected chi connectivity index (χ1v) is 8.99. The molecule has 0 atom stereocenters. The van der Waals surface area contributed by atoms with Gasteiger partial charge in [0.1, 0.15) is 0 Å². The number of ether oxygens (including phenoxy) is 1. The van der Waals surface area contributed by atoms with Crippen molar-refractivity contribution in [1.82, 2.24) is 14.5 Å². The van der Waals surface area contributed by atoms with Crippen LogP contribution in [0.1, 0.15) is 46.1 Å². The van der Waals surface area contributed by atoms with Crippen molar-refractivity contribution < 1.29 is 4.74 Å². The summed E-state index contributed by atoms with van der Waals surface area (Å²) in [6, 6.07) is 8.26. The van der Waals surface area contributed by atoms with Crippen molar-refractivity contribution in [2.75, 3.05) is 26.2 Å². The monoisotopic (exact) mass is 331 g/mol. The molecule has 1 aromatic carbocycles. The van der Waals surface area contributed by atoms with Gasteiger partial charge in [-0.2, -0.15) is 0 Å². The van der Waals surface area contributed by atoms with Gasteiger partial charge in [0.15, 0.2) is 0 Å². The minimum absolute atomic E-state index is 0.0215. The molecule has 0 saturated carbocycles. The molecule has 1 fully saturated rings. The van der Waals surface area contributed by atoms with Gasteiger partial charge in [-0.3, -0.25) is 4.57 Å². The van der Waals surface area contributed by atoms with Gasteiger partial charge in [-0.05, 0) is 52.2 Å². The van der Waals surface area contributed by atoms with E-state index in [0.29, 0.717) is 6.04 Å². The second-order valence-corrected chi connectivity index (χ2v) is 7.70. The Balaban J connectivity index is 1.53. The van der Waals surface area contributed by atoms with Crippen molar-refractivity contribution >= 4 is 11.0 Å². The van der Waals surface area contributed by atoms with Crippen molar-refractivity contribution in [3.8, 4) is 0 Å². The molecule has 1 aliphatic rings. The summed E-state index contributed by atoms with van der Waals surface area (Å²) in [5.74, 6) is 0. The van der Waals surface area contributed by atoms with E-state index >= 15 is 0 Å². The third-order valence-electron chi connectivity index (χ3n) is 4.70. The molecule has 0 bridgehead atoms. The van der Waals surface area contributed by atoms with Crippen molar-refractivity contribution in [2.24, 2.45) is 0 Å². The molecule has 0 aliphatic carbocycles. The maximum Gasteiger partial charge on any atom is 0.326 e. The van der Waals surface area contributed by atoms with Crippen LogP contribution in [-0.2, 0) is 4.74 Å². The highest BCUT2D eigenvalue weighted by Crippen LogP contribution is 2.24. The van der Waals surface area contributed by atoms with Crippen molar-refractivity contribution in [1.29, 1.82) is 0 Å². The molecule has 1 N–H and O–H groups in total. The van der Waals surface area contributed by atoms with E-state index < -0.39 is 0 Å². The zero-order chi connectivity index (χ0) is 17.2. The summed E-state index contributed by atoms with van der Waals surface area (Å²) in [6.45, 7) is 10.3. The summed E-state index contributed by atoms with van der Waals surface area (Å²) in [4.78, 5) is 17.8. The molecule has 0 radical (unpaired) electrons. The van der Waals surface area contributed by atoms with E-state index in [-0.39, 0.29) is 11.3 Å². The second kappa shape index (κ2) is 7.11. The number of piperidine rings is 1. The maximum atomic E-state index is 12.3. The predicted octanol–water partition coefficient (Wildman–Crippen LogP) is 3.17. The first kappa shape index (κ1) is 17.2. The van der Waals surface area contributed by atoms with Crippen molar-refractivity contribution in [2.45, 2.75) is 51.7 Å². The van der Waals surface area contributed by atoms with E-state index in [4.69, 9.17) is 4.74 Å². The number of aromatic amines is 1. The summed E-state index contributed by atoms with van der Waals surface area (Å²) >= 11 is 0. The molecular formula is C19H29N3O2. The number of H-pyrrole nitrogens is 1. The molecule has 5 nitrogen and oxygen atoms in total. The van der Waals surface area contributed by atoms with Crippen LogP contribution in [0, 0.1) is 0 Å². The first-order valence-electron chi connectivity index (χ1n) is 8.99. The highest BCUT2D eigenvalue weighted by atomic mass is 16.5. The fraction of sp³-hybridized carbons (Fsp3) is 0.632. The molecule has 1 aromatic heterocycles. The van der Waals surface area contributed by atoms with Gasteiger partial charge in [0.2, 0.25) is 0 Å². The Morgan fingerprint density at radius 3 is 2.62 bits per heavy atom. The van der Waals surface area contributed by atoms with E-state index in [9.17, 15) is 4.79 Å². The van der Waals surface area contributed by atoms with E-state index in [2.05, 4.69) is 30.7 Å². The molecule has 0 amide bonds. The number of hydrogen-bond acceptors (Lipinski definition) is 3. The van der Waals surface area contributed by atoms with Crippen LogP contribution in [0.25, 0.3) is 11.0 Å². The Morgan fingerprint density at radius 2 is 1.92 bits per heavy atom. The van der Waals surface area contributed by atoms with E-state index in [1.54, 1.807) is 0 Å². The number of hydrogen-bond donors (Lipinski definition) is 1.